The number of hydrogen-bond acceptors (Lipinski definition) is 9. The molecular formula is C26H28N6O5. The Balaban J connectivity index is 0.983. The van der Waals surface area contributed by atoms with Crippen molar-refractivity contribution in [1.82, 2.24) is 15.6 Å². The summed E-state index contributed by atoms with van der Waals surface area (Å²) < 4.78 is 16.9. The molecule has 2 unspecified atom stereocenters. The Labute approximate surface area is 214 Å². The van der Waals surface area contributed by atoms with Crippen LogP contribution in [0.3, 0.4) is 0 Å². The van der Waals surface area contributed by atoms with Crippen LogP contribution in [-0.4, -0.2) is 68.5 Å². The molecule has 37 heavy (non-hydrogen) atoms. The molecule has 1 aromatic heterocycles. The minimum Gasteiger partial charge on any atom is -0.488 e. The van der Waals surface area contributed by atoms with Gasteiger partial charge in [0.1, 0.15) is 23.8 Å². The molecule has 3 N–H and O–H groups in total. The van der Waals surface area contributed by atoms with Crippen LogP contribution in [0.5, 0.6) is 11.5 Å². The fraction of sp³-hybridized carbons (Fsp3) is 0.462. The van der Waals surface area contributed by atoms with Gasteiger partial charge in [-0.05, 0) is 73.7 Å². The number of fused-ring (bicyclic) bond motifs is 2. The van der Waals surface area contributed by atoms with Crippen LogP contribution in [-0.2, 0) is 22.4 Å². The van der Waals surface area contributed by atoms with Gasteiger partial charge in [0.2, 0.25) is 0 Å². The maximum atomic E-state index is 12.4. The second-order valence-electron chi connectivity index (χ2n) is 9.85. The second-order valence-corrected chi connectivity index (χ2v) is 9.85. The van der Waals surface area contributed by atoms with E-state index in [4.69, 9.17) is 14.2 Å². The van der Waals surface area contributed by atoms with E-state index in [0.717, 1.165) is 43.8 Å². The summed E-state index contributed by atoms with van der Waals surface area (Å²) in [4.78, 5) is 29.9. The summed E-state index contributed by atoms with van der Waals surface area (Å²) in [6.07, 6.45) is 1.92. The monoisotopic (exact) mass is 504 g/mol. The van der Waals surface area contributed by atoms with Gasteiger partial charge in [-0.2, -0.15) is 5.26 Å². The molecule has 3 aliphatic heterocycles. The number of rotatable bonds is 8. The molecule has 192 valence electrons. The number of amides is 2. The number of benzene rings is 1. The largest absolute Gasteiger partial charge is 0.488 e. The van der Waals surface area contributed by atoms with E-state index in [0.29, 0.717) is 48.4 Å². The lowest BCUT2D eigenvalue weighted by Gasteiger charge is -2.28. The molecule has 0 saturated carbocycles. The summed E-state index contributed by atoms with van der Waals surface area (Å²) in [6, 6.07) is 9.67. The van der Waals surface area contributed by atoms with Crippen LogP contribution in [0.15, 0.2) is 24.3 Å². The summed E-state index contributed by atoms with van der Waals surface area (Å²) in [5, 5.41) is 19.0. The standard InChI is InChI=1S/C26H28N6O5/c27-9-17-8-19(36-20-11-29-12-20)7-16-5-15(6-21(16)17)10-28-4-3-18-13-32(26(34)37-18)23-2-1-22-25(30-23)31-24(33)14-35-22/h1-2,7-8,15,18,20,28-29H,3-6,10-14H2,(H,30,31,33). The normalized spacial score (nSPS) is 22.3. The van der Waals surface area contributed by atoms with Crippen LogP contribution in [0.25, 0.3) is 0 Å². The molecule has 2 aromatic rings. The smallest absolute Gasteiger partial charge is 0.415 e. The van der Waals surface area contributed by atoms with Crippen LogP contribution < -0.4 is 30.3 Å². The zero-order valence-electron chi connectivity index (χ0n) is 20.3. The highest BCUT2D eigenvalue weighted by Gasteiger charge is 2.34. The number of nitriles is 1. The van der Waals surface area contributed by atoms with Gasteiger partial charge in [0, 0.05) is 13.1 Å². The number of pyridine rings is 1. The molecule has 0 radical (unpaired) electrons. The first-order valence-corrected chi connectivity index (χ1v) is 12.6. The van der Waals surface area contributed by atoms with E-state index in [9.17, 15) is 14.9 Å². The Bertz CT molecular complexity index is 1270. The van der Waals surface area contributed by atoms with Crippen molar-refractivity contribution in [2.24, 2.45) is 5.92 Å². The minimum absolute atomic E-state index is 0.0465. The molecule has 2 saturated heterocycles. The first-order chi connectivity index (χ1) is 18.1. The number of ether oxygens (including phenoxy) is 3. The van der Waals surface area contributed by atoms with Gasteiger partial charge in [0.15, 0.2) is 18.2 Å². The van der Waals surface area contributed by atoms with Gasteiger partial charge in [-0.25, -0.2) is 9.78 Å². The summed E-state index contributed by atoms with van der Waals surface area (Å²) in [5.74, 6) is 2.11. The van der Waals surface area contributed by atoms with Gasteiger partial charge in [-0.3, -0.25) is 9.69 Å². The van der Waals surface area contributed by atoms with E-state index in [1.54, 1.807) is 12.1 Å². The highest BCUT2D eigenvalue weighted by molar-refractivity contribution is 5.95. The first-order valence-electron chi connectivity index (χ1n) is 12.6. The maximum absolute atomic E-state index is 12.4. The molecule has 4 aliphatic rings. The molecule has 11 nitrogen and oxygen atoms in total. The number of cyclic esters (lactones) is 1. The van der Waals surface area contributed by atoms with E-state index < -0.39 is 6.09 Å². The van der Waals surface area contributed by atoms with Crippen molar-refractivity contribution in [3.05, 3.63) is 41.0 Å². The van der Waals surface area contributed by atoms with Crippen LogP contribution in [0.4, 0.5) is 16.4 Å². The predicted octanol–water partition coefficient (Wildman–Crippen LogP) is 1.35. The van der Waals surface area contributed by atoms with E-state index in [2.05, 4.69) is 33.1 Å². The highest BCUT2D eigenvalue weighted by atomic mass is 16.6. The first kappa shape index (κ1) is 23.5. The molecule has 11 heteroatoms. The third kappa shape index (κ3) is 4.90. The molecule has 2 amide bonds. The molecule has 2 atom stereocenters. The molecule has 1 aromatic carbocycles. The number of aromatic nitrogens is 1. The fourth-order valence-electron chi connectivity index (χ4n) is 5.18. The van der Waals surface area contributed by atoms with E-state index in [-0.39, 0.29) is 24.7 Å². The average molecular weight is 505 g/mol. The number of carbonyl (C=O) groups is 2. The van der Waals surface area contributed by atoms with Gasteiger partial charge in [0.05, 0.1) is 18.2 Å². The third-order valence-electron chi connectivity index (χ3n) is 7.17. The van der Waals surface area contributed by atoms with Crippen molar-refractivity contribution >= 4 is 23.6 Å². The second kappa shape index (κ2) is 9.88. The lowest BCUT2D eigenvalue weighted by Crippen LogP contribution is -2.50. The number of nitrogens with one attached hydrogen (secondary N) is 3. The van der Waals surface area contributed by atoms with Gasteiger partial charge in [-0.1, -0.05) is 0 Å². The summed E-state index contributed by atoms with van der Waals surface area (Å²) in [6.45, 7) is 3.55. The summed E-state index contributed by atoms with van der Waals surface area (Å²) >= 11 is 0. The van der Waals surface area contributed by atoms with Crippen LogP contribution in [0.2, 0.25) is 0 Å². The summed E-state index contributed by atoms with van der Waals surface area (Å²) in [5.41, 5.74) is 3.04. The minimum atomic E-state index is -0.452. The lowest BCUT2D eigenvalue weighted by atomic mass is 10.0. The van der Waals surface area contributed by atoms with Gasteiger partial charge < -0.3 is 30.2 Å². The predicted molar refractivity (Wildman–Crippen MR) is 133 cm³/mol. The Morgan fingerprint density at radius 2 is 2.14 bits per heavy atom. The maximum Gasteiger partial charge on any atom is 0.415 e. The Morgan fingerprint density at radius 1 is 1.24 bits per heavy atom. The van der Waals surface area contributed by atoms with Gasteiger partial charge >= 0.3 is 6.09 Å². The molecule has 6 rings (SSSR count). The molecule has 0 bridgehead atoms. The van der Waals surface area contributed by atoms with Crippen LogP contribution >= 0.6 is 0 Å². The Kier molecular flexibility index (Phi) is 6.28. The lowest BCUT2D eigenvalue weighted by molar-refractivity contribution is -0.118. The van der Waals surface area contributed by atoms with Crippen molar-refractivity contribution in [2.45, 2.75) is 31.5 Å². The number of anilines is 2. The molecule has 4 heterocycles. The van der Waals surface area contributed by atoms with Crippen LogP contribution in [0, 0.1) is 17.2 Å². The number of nitrogens with zero attached hydrogens (tertiary/aromatic N) is 3. The Hall–Kier alpha value is -3.88. The topological polar surface area (TPSA) is 138 Å². The van der Waals surface area contributed by atoms with Crippen molar-refractivity contribution in [2.75, 3.05) is 49.5 Å². The van der Waals surface area contributed by atoms with E-state index >= 15 is 0 Å². The third-order valence-corrected chi connectivity index (χ3v) is 7.17. The number of hydrogen-bond donors (Lipinski definition) is 3. The SMILES string of the molecule is N#Cc1cc(OC2CNC2)cc2c1CC(CNCCC1CN(c3ccc4c(n3)NC(=O)CO4)C(=O)O1)C2. The zero-order chi connectivity index (χ0) is 25.4. The van der Waals surface area contributed by atoms with Crippen molar-refractivity contribution < 1.29 is 23.8 Å². The summed E-state index contributed by atoms with van der Waals surface area (Å²) in [7, 11) is 0. The van der Waals surface area contributed by atoms with Crippen LogP contribution in [0.1, 0.15) is 23.1 Å². The Morgan fingerprint density at radius 3 is 2.95 bits per heavy atom. The average Bonchev–Trinajstić information content (AvgIpc) is 3.45. The fourth-order valence-corrected chi connectivity index (χ4v) is 5.18. The van der Waals surface area contributed by atoms with Crippen molar-refractivity contribution in [3.8, 4) is 17.6 Å². The molecule has 1 aliphatic carbocycles. The van der Waals surface area contributed by atoms with E-state index in [1.165, 1.54) is 10.5 Å². The van der Waals surface area contributed by atoms with Gasteiger partial charge in [0.25, 0.3) is 5.91 Å². The molecular weight excluding hydrogens is 476 g/mol. The zero-order valence-corrected chi connectivity index (χ0v) is 20.3. The van der Waals surface area contributed by atoms with Crippen molar-refractivity contribution in [1.29, 1.82) is 5.26 Å². The van der Waals surface area contributed by atoms with Gasteiger partial charge in [-0.15, -0.1) is 0 Å². The molecule has 0 spiro atoms. The van der Waals surface area contributed by atoms with Crippen molar-refractivity contribution in [3.63, 3.8) is 0 Å². The van der Waals surface area contributed by atoms with E-state index in [1.807, 2.05) is 6.07 Å². The molecule has 2 fully saturated rings. The highest BCUT2D eigenvalue weighted by Crippen LogP contribution is 2.34. The number of carbonyl (C=O) groups excluding carboxylic acids is 2. The quantitative estimate of drug-likeness (QED) is 0.455.